The Hall–Kier alpha value is -1.79. The summed E-state index contributed by atoms with van der Waals surface area (Å²) in [5.74, 6) is 1.36. The van der Waals surface area contributed by atoms with E-state index in [0.717, 1.165) is 58.3 Å². The number of nitrogens with zero attached hydrogens (tertiary/aromatic N) is 3. The van der Waals surface area contributed by atoms with Crippen LogP contribution in [-0.4, -0.2) is 73.4 Å². The number of aliphatic imine (C=N–C) groups is 1. The number of carbonyl (C=O) groups is 2. The molecule has 1 unspecified atom stereocenters. The van der Waals surface area contributed by atoms with Gasteiger partial charge in [-0.15, -0.1) is 0 Å². The highest BCUT2D eigenvalue weighted by Crippen LogP contribution is 2.27. The second kappa shape index (κ2) is 9.24. The number of piperidine rings is 1. The lowest BCUT2D eigenvalue weighted by molar-refractivity contribution is -0.134. The molecule has 7 heteroatoms. The molecule has 7 nitrogen and oxygen atoms in total. The molecule has 2 aliphatic heterocycles. The number of rotatable bonds is 4. The maximum atomic E-state index is 12.5. The van der Waals surface area contributed by atoms with Crippen molar-refractivity contribution in [2.24, 2.45) is 10.9 Å². The summed E-state index contributed by atoms with van der Waals surface area (Å²) >= 11 is 0. The molecule has 146 valence electrons. The first-order valence-corrected chi connectivity index (χ1v) is 10.2. The van der Waals surface area contributed by atoms with Crippen molar-refractivity contribution in [3.63, 3.8) is 0 Å². The van der Waals surface area contributed by atoms with Crippen LogP contribution in [0.3, 0.4) is 0 Å². The van der Waals surface area contributed by atoms with Crippen molar-refractivity contribution in [2.75, 3.05) is 39.8 Å². The van der Waals surface area contributed by atoms with Crippen molar-refractivity contribution in [3.05, 3.63) is 0 Å². The molecule has 3 aliphatic rings. The molecule has 3 fully saturated rings. The summed E-state index contributed by atoms with van der Waals surface area (Å²) in [5.41, 5.74) is 0. The molecule has 2 saturated heterocycles. The van der Waals surface area contributed by atoms with E-state index in [-0.39, 0.29) is 24.4 Å². The minimum atomic E-state index is 0.136. The summed E-state index contributed by atoms with van der Waals surface area (Å²) in [5, 5.41) is 6.51. The van der Waals surface area contributed by atoms with E-state index in [1.165, 1.54) is 19.3 Å². The van der Waals surface area contributed by atoms with Crippen LogP contribution in [0, 0.1) is 5.92 Å². The van der Waals surface area contributed by atoms with Crippen LogP contribution in [0.25, 0.3) is 0 Å². The summed E-state index contributed by atoms with van der Waals surface area (Å²) in [7, 11) is 1.72. The molecule has 3 rings (SSSR count). The summed E-state index contributed by atoms with van der Waals surface area (Å²) in [6, 6.07) is 0.205. The highest BCUT2D eigenvalue weighted by Gasteiger charge is 2.32. The maximum Gasteiger partial charge on any atom is 0.241 e. The van der Waals surface area contributed by atoms with Crippen molar-refractivity contribution >= 4 is 17.8 Å². The Kier molecular flexibility index (Phi) is 6.74. The molecule has 2 heterocycles. The quantitative estimate of drug-likeness (QED) is 0.576. The third kappa shape index (κ3) is 4.89. The lowest BCUT2D eigenvalue weighted by Crippen LogP contribution is -2.49. The molecule has 2 N–H and O–H groups in total. The second-order valence-corrected chi connectivity index (χ2v) is 7.76. The number of nitrogens with one attached hydrogen (secondary N) is 2. The van der Waals surface area contributed by atoms with E-state index in [2.05, 4.69) is 15.6 Å². The van der Waals surface area contributed by atoms with Gasteiger partial charge in [0, 0.05) is 45.2 Å². The average molecular weight is 364 g/mol. The highest BCUT2D eigenvalue weighted by molar-refractivity contribution is 5.86. The van der Waals surface area contributed by atoms with Crippen LogP contribution in [0.5, 0.6) is 0 Å². The number of hydrogen-bond donors (Lipinski definition) is 2. The predicted molar refractivity (Wildman–Crippen MR) is 102 cm³/mol. The minimum absolute atomic E-state index is 0.136. The van der Waals surface area contributed by atoms with Crippen LogP contribution < -0.4 is 10.6 Å². The van der Waals surface area contributed by atoms with Gasteiger partial charge in [-0.1, -0.05) is 12.8 Å². The Labute approximate surface area is 156 Å². The van der Waals surface area contributed by atoms with E-state index in [1.54, 1.807) is 7.05 Å². The van der Waals surface area contributed by atoms with Gasteiger partial charge in [0.05, 0.1) is 6.54 Å². The lowest BCUT2D eigenvalue weighted by atomic mass is 10.1. The Bertz CT molecular complexity index is 524. The van der Waals surface area contributed by atoms with Crippen molar-refractivity contribution in [3.8, 4) is 0 Å². The number of amides is 2. The monoisotopic (exact) mass is 363 g/mol. The van der Waals surface area contributed by atoms with Gasteiger partial charge in [0.2, 0.25) is 11.8 Å². The maximum absolute atomic E-state index is 12.5. The Morgan fingerprint density at radius 2 is 1.69 bits per heavy atom. The molecule has 2 amide bonds. The largest absolute Gasteiger partial charge is 0.352 e. The topological polar surface area (TPSA) is 77.0 Å². The Morgan fingerprint density at radius 3 is 2.38 bits per heavy atom. The van der Waals surface area contributed by atoms with Crippen molar-refractivity contribution < 1.29 is 9.59 Å². The van der Waals surface area contributed by atoms with E-state index in [1.807, 2.05) is 9.80 Å². The number of likely N-dealkylation sites (tertiary alicyclic amines) is 2. The number of carbonyl (C=O) groups excluding carboxylic acids is 2. The average Bonchev–Trinajstić information content (AvgIpc) is 3.37. The molecular weight excluding hydrogens is 330 g/mol. The van der Waals surface area contributed by atoms with Gasteiger partial charge in [-0.25, -0.2) is 0 Å². The summed E-state index contributed by atoms with van der Waals surface area (Å²) < 4.78 is 0. The van der Waals surface area contributed by atoms with Crippen molar-refractivity contribution in [2.45, 2.75) is 57.4 Å². The zero-order chi connectivity index (χ0) is 18.4. The first kappa shape index (κ1) is 19.0. The first-order valence-electron chi connectivity index (χ1n) is 10.2. The van der Waals surface area contributed by atoms with Gasteiger partial charge in [-0.05, 0) is 38.5 Å². The van der Waals surface area contributed by atoms with Gasteiger partial charge in [-0.2, -0.15) is 0 Å². The molecule has 0 aromatic carbocycles. The molecule has 0 aromatic heterocycles. The van der Waals surface area contributed by atoms with Gasteiger partial charge in [0.15, 0.2) is 5.96 Å². The third-order valence-corrected chi connectivity index (χ3v) is 5.88. The zero-order valence-electron chi connectivity index (χ0n) is 16.0. The van der Waals surface area contributed by atoms with Gasteiger partial charge in [0.25, 0.3) is 0 Å². The van der Waals surface area contributed by atoms with Crippen LogP contribution >= 0.6 is 0 Å². The van der Waals surface area contributed by atoms with E-state index < -0.39 is 0 Å². The lowest BCUT2D eigenvalue weighted by Gasteiger charge is -2.27. The van der Waals surface area contributed by atoms with Crippen LogP contribution in [0.1, 0.15) is 51.4 Å². The summed E-state index contributed by atoms with van der Waals surface area (Å²) in [4.78, 5) is 33.0. The normalized spacial score (nSPS) is 24.8. The molecule has 1 saturated carbocycles. The Balaban J connectivity index is 1.40. The smallest absolute Gasteiger partial charge is 0.241 e. The Morgan fingerprint density at radius 1 is 0.962 bits per heavy atom. The van der Waals surface area contributed by atoms with Gasteiger partial charge in [0.1, 0.15) is 0 Å². The van der Waals surface area contributed by atoms with Gasteiger partial charge >= 0.3 is 0 Å². The molecule has 0 aromatic rings. The van der Waals surface area contributed by atoms with Crippen LogP contribution in [0.2, 0.25) is 0 Å². The summed E-state index contributed by atoms with van der Waals surface area (Å²) in [6.45, 7) is 3.56. The highest BCUT2D eigenvalue weighted by atomic mass is 16.2. The van der Waals surface area contributed by atoms with Crippen molar-refractivity contribution in [1.29, 1.82) is 0 Å². The van der Waals surface area contributed by atoms with Crippen LogP contribution in [0.15, 0.2) is 4.99 Å². The summed E-state index contributed by atoms with van der Waals surface area (Å²) in [6.07, 6.45) is 8.83. The molecule has 1 atom stereocenters. The van der Waals surface area contributed by atoms with E-state index >= 15 is 0 Å². The molecule has 0 bridgehead atoms. The third-order valence-electron chi connectivity index (χ3n) is 5.88. The standard InChI is InChI=1S/C19H33N5O2/c1-20-19(21-13-17(25)23-10-5-2-6-11-23)22-16-9-12-24(14-16)18(26)15-7-3-4-8-15/h15-16H,2-14H2,1H3,(H2,20,21,22). The molecular formula is C19H33N5O2. The SMILES string of the molecule is CN=C(NCC(=O)N1CCCCC1)NC1CCN(C(=O)C2CCCC2)C1. The second-order valence-electron chi connectivity index (χ2n) is 7.76. The van der Waals surface area contributed by atoms with E-state index in [4.69, 9.17) is 0 Å². The first-order chi connectivity index (χ1) is 12.7. The molecule has 0 radical (unpaired) electrons. The zero-order valence-corrected chi connectivity index (χ0v) is 16.0. The van der Waals surface area contributed by atoms with Gasteiger partial charge < -0.3 is 20.4 Å². The molecule has 1 aliphatic carbocycles. The number of guanidine groups is 1. The fraction of sp³-hybridized carbons (Fsp3) is 0.842. The fourth-order valence-electron chi connectivity index (χ4n) is 4.31. The van der Waals surface area contributed by atoms with Gasteiger partial charge in [-0.3, -0.25) is 14.6 Å². The van der Waals surface area contributed by atoms with Crippen LogP contribution in [0.4, 0.5) is 0 Å². The molecule has 0 spiro atoms. The predicted octanol–water partition coefficient (Wildman–Crippen LogP) is 0.955. The van der Waals surface area contributed by atoms with E-state index in [0.29, 0.717) is 11.9 Å². The fourth-order valence-corrected chi connectivity index (χ4v) is 4.31. The van der Waals surface area contributed by atoms with Crippen molar-refractivity contribution in [1.82, 2.24) is 20.4 Å². The number of hydrogen-bond acceptors (Lipinski definition) is 3. The molecule has 26 heavy (non-hydrogen) atoms. The van der Waals surface area contributed by atoms with E-state index in [9.17, 15) is 9.59 Å². The minimum Gasteiger partial charge on any atom is -0.352 e. The van der Waals surface area contributed by atoms with Crippen LogP contribution in [-0.2, 0) is 9.59 Å².